The summed E-state index contributed by atoms with van der Waals surface area (Å²) in [6.07, 6.45) is 21.6. The number of nitrogens with one attached hydrogen (secondary N) is 2. The molecule has 4 heterocycles. The molecule has 0 aliphatic carbocycles. The first-order chi connectivity index (χ1) is 24.1. The summed E-state index contributed by atoms with van der Waals surface area (Å²) in [5.41, 5.74) is 2.86. The number of imidazole rings is 2. The van der Waals surface area contributed by atoms with Crippen LogP contribution < -0.4 is 11.4 Å². The molecule has 0 saturated heterocycles. The van der Waals surface area contributed by atoms with Gasteiger partial charge in [0.25, 0.3) is 0 Å². The molecule has 0 spiro atoms. The molecule has 0 radical (unpaired) electrons. The Labute approximate surface area is 312 Å². The third-order valence-electron chi connectivity index (χ3n) is 9.40. The molecule has 0 amide bonds. The number of hydrogen-bond acceptors (Lipinski definition) is 6. The number of rotatable bonds is 17. The van der Waals surface area contributed by atoms with E-state index in [-0.39, 0.29) is 23.5 Å². The van der Waals surface area contributed by atoms with Crippen molar-refractivity contribution in [1.82, 2.24) is 39.0 Å². The Morgan fingerprint density at radius 2 is 1.14 bits per heavy atom. The van der Waals surface area contributed by atoms with Crippen LogP contribution in [-0.2, 0) is 0 Å². The minimum atomic E-state index is -1.84. The SMILES string of the molecule is C/C=C/c1cnc2[nH]c(=O)n(C(CC)CC)c2n1.C/C=[CH]/[Sn]([CH2]CCC)([CH2]CCC)[CH2]CCC.CCC(CC)n1c(=O)[nH]c2ncc(Br)nc21. The maximum Gasteiger partial charge on any atom is 0.329 e. The van der Waals surface area contributed by atoms with Gasteiger partial charge in [-0.2, -0.15) is 0 Å². The molecule has 4 aromatic heterocycles. The van der Waals surface area contributed by atoms with Crippen LogP contribution in [-0.4, -0.2) is 57.4 Å². The molecule has 0 unspecified atom stereocenters. The Hall–Kier alpha value is -2.54. The average molecular weight is 863 g/mol. The molecule has 0 saturated carbocycles. The number of aromatic amines is 2. The number of hydrogen-bond donors (Lipinski definition) is 2. The molecule has 0 atom stereocenters. The number of allylic oxidation sites excluding steroid dienone is 2. The average Bonchev–Trinajstić information content (AvgIpc) is 3.62. The Morgan fingerprint density at radius 3 is 1.54 bits per heavy atom. The van der Waals surface area contributed by atoms with Gasteiger partial charge in [-0.25, -0.2) is 29.5 Å². The van der Waals surface area contributed by atoms with Gasteiger partial charge in [-0.1, -0.05) is 33.8 Å². The van der Waals surface area contributed by atoms with Gasteiger partial charge in [-0.15, -0.1) is 0 Å². The number of fused-ring (bicyclic) bond motifs is 2. The van der Waals surface area contributed by atoms with Crippen molar-refractivity contribution in [2.75, 3.05) is 0 Å². The van der Waals surface area contributed by atoms with E-state index in [9.17, 15) is 9.59 Å². The molecule has 12 heteroatoms. The van der Waals surface area contributed by atoms with E-state index in [1.54, 1.807) is 34.8 Å². The Bertz CT molecular complexity index is 1710. The van der Waals surface area contributed by atoms with Crippen molar-refractivity contribution in [3.63, 3.8) is 0 Å². The molecule has 4 rings (SSSR count). The molecule has 0 aliphatic rings. The Balaban J connectivity index is 0.000000261. The molecule has 4 aromatic rings. The van der Waals surface area contributed by atoms with E-state index in [0.29, 0.717) is 27.2 Å². The van der Waals surface area contributed by atoms with E-state index in [1.807, 2.05) is 19.1 Å². The minimum Gasteiger partial charge on any atom is -0.289 e. The van der Waals surface area contributed by atoms with Crippen molar-refractivity contribution in [3.05, 3.63) is 59.9 Å². The zero-order chi connectivity index (χ0) is 37.1. The second kappa shape index (κ2) is 23.1. The van der Waals surface area contributed by atoms with Gasteiger partial charge < -0.3 is 0 Å². The van der Waals surface area contributed by atoms with Crippen molar-refractivity contribution in [2.45, 2.75) is 152 Å². The van der Waals surface area contributed by atoms with Crippen LogP contribution in [0.15, 0.2) is 42.8 Å². The van der Waals surface area contributed by atoms with Crippen molar-refractivity contribution in [2.24, 2.45) is 0 Å². The molecule has 50 heavy (non-hydrogen) atoms. The number of H-pyrrole nitrogens is 2. The second-order valence-corrected chi connectivity index (χ2v) is 26.9. The molecular weight excluding hydrogens is 799 g/mol. The fourth-order valence-electron chi connectivity index (χ4n) is 6.58. The maximum absolute atomic E-state index is 12.0. The summed E-state index contributed by atoms with van der Waals surface area (Å²) < 4.78 is 11.6. The summed E-state index contributed by atoms with van der Waals surface area (Å²) in [6, 6.07) is 0.339. The van der Waals surface area contributed by atoms with E-state index in [0.717, 1.165) is 31.4 Å². The third kappa shape index (κ3) is 12.3. The zero-order valence-corrected chi connectivity index (χ0v) is 36.6. The fourth-order valence-corrected chi connectivity index (χ4v) is 21.5. The van der Waals surface area contributed by atoms with Crippen molar-refractivity contribution >= 4 is 63.0 Å². The first-order valence-electron chi connectivity index (χ1n) is 19.0. The van der Waals surface area contributed by atoms with Crippen molar-refractivity contribution < 1.29 is 0 Å². The van der Waals surface area contributed by atoms with Gasteiger partial charge in [0.15, 0.2) is 22.6 Å². The number of nitrogens with zero attached hydrogens (tertiary/aromatic N) is 6. The standard InChI is InChI=1S/C13H18N4O.C10H13BrN4O.3C4H9.C3H5.Sn/c1-4-7-9-8-14-11-12(15-9)17(13(18)16-11)10(5-2)6-3;1-3-6(4-2)15-9-8(14-10(15)16)12-5-7(11)13-9;3*1-3-4-2;1-3-2;/h4,7-8,10H,5-6H2,1-3H3,(H,14,16,18);5-6H,3-4H2,1-2H3,(H,12,14,16);3*1,3-4H2,2H3;1,3H,2H3;/b7-4+;;;;;;. The van der Waals surface area contributed by atoms with Gasteiger partial charge in [-0.05, 0) is 54.6 Å². The van der Waals surface area contributed by atoms with Crippen LogP contribution in [0.3, 0.4) is 0 Å². The number of halogens is 1. The van der Waals surface area contributed by atoms with Crippen LogP contribution in [0.5, 0.6) is 0 Å². The van der Waals surface area contributed by atoms with Crippen LogP contribution in [0, 0.1) is 0 Å². The summed E-state index contributed by atoms with van der Waals surface area (Å²) in [5, 5.41) is 0. The van der Waals surface area contributed by atoms with Gasteiger partial charge in [0.2, 0.25) is 0 Å². The van der Waals surface area contributed by atoms with Crippen LogP contribution in [0.2, 0.25) is 13.3 Å². The number of unbranched alkanes of at least 4 members (excludes halogenated alkanes) is 3. The maximum atomic E-state index is 12.0. The summed E-state index contributed by atoms with van der Waals surface area (Å²) in [6.45, 7) is 19.4. The topological polar surface area (TPSA) is 127 Å². The molecule has 278 valence electrons. The van der Waals surface area contributed by atoms with Crippen LogP contribution in [0.4, 0.5) is 0 Å². The first-order valence-corrected chi connectivity index (χ1v) is 27.5. The molecule has 2 N–H and O–H groups in total. The third-order valence-corrected chi connectivity index (χ3v) is 24.3. The predicted octanol–water partition coefficient (Wildman–Crippen LogP) is 10.7. The van der Waals surface area contributed by atoms with Crippen LogP contribution in [0.25, 0.3) is 28.7 Å². The quantitative estimate of drug-likeness (QED) is 0.102. The number of aromatic nitrogens is 8. The van der Waals surface area contributed by atoms with E-state index < -0.39 is 18.4 Å². The van der Waals surface area contributed by atoms with Gasteiger partial charge in [0, 0.05) is 12.1 Å². The summed E-state index contributed by atoms with van der Waals surface area (Å²) >= 11 is 1.43. The van der Waals surface area contributed by atoms with Gasteiger partial charge in [0.05, 0.1) is 18.1 Å². The minimum absolute atomic E-state index is 0.128. The van der Waals surface area contributed by atoms with Crippen LogP contribution >= 0.6 is 15.9 Å². The first kappa shape index (κ1) is 43.6. The van der Waals surface area contributed by atoms with Crippen LogP contribution in [0.1, 0.15) is 144 Å². The second-order valence-electron chi connectivity index (χ2n) is 13.0. The van der Waals surface area contributed by atoms with Crippen molar-refractivity contribution in [3.8, 4) is 0 Å². The molecule has 0 aromatic carbocycles. The predicted molar refractivity (Wildman–Crippen MR) is 218 cm³/mol. The fraction of sp³-hybridized carbons (Fsp3) is 0.632. The molecule has 0 fully saturated rings. The molecular formula is C38H63BrN8O2Sn. The monoisotopic (exact) mass is 862 g/mol. The Kier molecular flexibility index (Phi) is 20.2. The zero-order valence-electron chi connectivity index (χ0n) is 32.2. The van der Waals surface area contributed by atoms with E-state index >= 15 is 0 Å². The summed E-state index contributed by atoms with van der Waals surface area (Å²) in [7, 11) is 0. The molecule has 10 nitrogen and oxygen atoms in total. The van der Waals surface area contributed by atoms with E-state index in [2.05, 4.69) is 111 Å². The molecule has 0 bridgehead atoms. The normalized spacial score (nSPS) is 12.0. The van der Waals surface area contributed by atoms with Crippen molar-refractivity contribution in [1.29, 1.82) is 0 Å². The van der Waals surface area contributed by atoms with E-state index in [4.69, 9.17) is 0 Å². The van der Waals surface area contributed by atoms with Gasteiger partial charge in [0.1, 0.15) is 4.60 Å². The summed E-state index contributed by atoms with van der Waals surface area (Å²) in [4.78, 5) is 46.4. The Morgan fingerprint density at radius 1 is 0.700 bits per heavy atom. The van der Waals surface area contributed by atoms with Gasteiger partial charge in [-0.3, -0.25) is 19.1 Å². The smallest absolute Gasteiger partial charge is 0.289 e. The largest absolute Gasteiger partial charge is 0.329 e. The molecule has 0 aliphatic heterocycles. The van der Waals surface area contributed by atoms with Gasteiger partial charge >= 0.3 is 119 Å². The van der Waals surface area contributed by atoms with E-state index in [1.165, 1.54) is 38.5 Å². The summed E-state index contributed by atoms with van der Waals surface area (Å²) in [5.74, 6) is 0.